The fourth-order valence-corrected chi connectivity index (χ4v) is 0.867. The van der Waals surface area contributed by atoms with E-state index in [-0.39, 0.29) is 24.6 Å². The van der Waals surface area contributed by atoms with Crippen molar-refractivity contribution in [1.82, 2.24) is 0 Å². The van der Waals surface area contributed by atoms with E-state index in [1.807, 2.05) is 12.2 Å². The quantitative estimate of drug-likeness (QED) is 0.558. The molecule has 0 saturated carbocycles. The molecule has 0 saturated heterocycles. The summed E-state index contributed by atoms with van der Waals surface area (Å²) in [5, 5.41) is 0. The molecular formula is C6H12ClNO. The number of hydrogen-bond donors (Lipinski definition) is 1. The standard InChI is InChI=1S/C6H11NO.ClH/c1-8-6-3-2-5(7)4-6;/h2-3,5-6H,4,7H2,1H3;1H. The highest BCUT2D eigenvalue weighted by Crippen LogP contribution is 2.10. The van der Waals surface area contributed by atoms with Crippen LogP contribution in [-0.4, -0.2) is 19.3 Å². The highest BCUT2D eigenvalue weighted by Gasteiger charge is 2.13. The van der Waals surface area contributed by atoms with Crippen molar-refractivity contribution in [2.75, 3.05) is 7.11 Å². The summed E-state index contributed by atoms with van der Waals surface area (Å²) in [4.78, 5) is 0. The maximum atomic E-state index is 5.53. The van der Waals surface area contributed by atoms with Gasteiger partial charge in [0, 0.05) is 13.2 Å². The molecule has 0 fully saturated rings. The maximum Gasteiger partial charge on any atom is 0.0770 e. The van der Waals surface area contributed by atoms with Gasteiger partial charge in [-0.3, -0.25) is 0 Å². The van der Waals surface area contributed by atoms with Crippen molar-refractivity contribution in [2.24, 2.45) is 5.73 Å². The molecule has 0 bridgehead atoms. The van der Waals surface area contributed by atoms with Gasteiger partial charge in [-0.2, -0.15) is 0 Å². The minimum atomic E-state index is 0. The molecule has 0 aliphatic heterocycles. The van der Waals surface area contributed by atoms with Crippen LogP contribution in [0.4, 0.5) is 0 Å². The van der Waals surface area contributed by atoms with Gasteiger partial charge in [-0.15, -0.1) is 12.4 Å². The first-order valence-corrected chi connectivity index (χ1v) is 2.79. The summed E-state index contributed by atoms with van der Waals surface area (Å²) in [5.74, 6) is 0. The smallest absolute Gasteiger partial charge is 0.0770 e. The minimum Gasteiger partial charge on any atom is -0.377 e. The van der Waals surface area contributed by atoms with Gasteiger partial charge < -0.3 is 10.5 Å². The van der Waals surface area contributed by atoms with Gasteiger partial charge in [-0.1, -0.05) is 12.2 Å². The molecule has 1 rings (SSSR count). The second kappa shape index (κ2) is 3.88. The number of ether oxygens (including phenoxy) is 1. The highest BCUT2D eigenvalue weighted by atomic mass is 35.5. The summed E-state index contributed by atoms with van der Waals surface area (Å²) in [7, 11) is 1.70. The predicted molar refractivity (Wildman–Crippen MR) is 39.8 cm³/mol. The third-order valence-corrected chi connectivity index (χ3v) is 1.38. The fourth-order valence-electron chi connectivity index (χ4n) is 0.867. The summed E-state index contributed by atoms with van der Waals surface area (Å²) in [6, 6.07) is 0.222. The minimum absolute atomic E-state index is 0. The SMILES string of the molecule is COC1C=CC(N)C1.Cl. The van der Waals surface area contributed by atoms with Crippen LogP contribution in [0.1, 0.15) is 6.42 Å². The molecule has 0 aromatic heterocycles. The molecule has 0 heterocycles. The predicted octanol–water partition coefficient (Wildman–Crippen LogP) is 0.710. The van der Waals surface area contributed by atoms with Crippen molar-refractivity contribution < 1.29 is 4.74 Å². The lowest BCUT2D eigenvalue weighted by Gasteiger charge is -2.04. The topological polar surface area (TPSA) is 35.2 Å². The van der Waals surface area contributed by atoms with Crippen LogP contribution in [0, 0.1) is 0 Å². The lowest BCUT2D eigenvalue weighted by molar-refractivity contribution is 0.138. The van der Waals surface area contributed by atoms with Crippen LogP contribution in [0.25, 0.3) is 0 Å². The van der Waals surface area contributed by atoms with Gasteiger partial charge in [0.15, 0.2) is 0 Å². The van der Waals surface area contributed by atoms with E-state index in [4.69, 9.17) is 10.5 Å². The second-order valence-corrected chi connectivity index (χ2v) is 2.06. The van der Waals surface area contributed by atoms with Gasteiger partial charge in [-0.25, -0.2) is 0 Å². The average molecular weight is 150 g/mol. The van der Waals surface area contributed by atoms with E-state index in [1.165, 1.54) is 0 Å². The van der Waals surface area contributed by atoms with Gasteiger partial charge in [0.25, 0.3) is 0 Å². The first kappa shape index (κ1) is 8.95. The Kier molecular flexibility index (Phi) is 3.86. The van der Waals surface area contributed by atoms with E-state index in [0.29, 0.717) is 0 Å². The van der Waals surface area contributed by atoms with Gasteiger partial charge >= 0.3 is 0 Å². The average Bonchev–Trinajstić information content (AvgIpc) is 2.14. The molecule has 0 aromatic rings. The van der Waals surface area contributed by atoms with Crippen LogP contribution in [0.3, 0.4) is 0 Å². The van der Waals surface area contributed by atoms with Crippen LogP contribution in [-0.2, 0) is 4.74 Å². The molecule has 0 spiro atoms. The van der Waals surface area contributed by atoms with Crippen LogP contribution in [0.15, 0.2) is 12.2 Å². The number of halogens is 1. The van der Waals surface area contributed by atoms with E-state index in [2.05, 4.69) is 0 Å². The zero-order chi connectivity index (χ0) is 5.98. The van der Waals surface area contributed by atoms with Crippen LogP contribution >= 0.6 is 12.4 Å². The van der Waals surface area contributed by atoms with E-state index >= 15 is 0 Å². The van der Waals surface area contributed by atoms with E-state index < -0.39 is 0 Å². The monoisotopic (exact) mass is 149 g/mol. The Morgan fingerprint density at radius 2 is 2.22 bits per heavy atom. The Morgan fingerprint density at radius 3 is 2.44 bits per heavy atom. The number of methoxy groups -OCH3 is 1. The Morgan fingerprint density at radius 1 is 1.56 bits per heavy atom. The largest absolute Gasteiger partial charge is 0.377 e. The first-order valence-electron chi connectivity index (χ1n) is 2.79. The Balaban J connectivity index is 0.000000640. The third-order valence-electron chi connectivity index (χ3n) is 1.38. The van der Waals surface area contributed by atoms with Crippen LogP contribution in [0.5, 0.6) is 0 Å². The molecular weight excluding hydrogens is 138 g/mol. The second-order valence-electron chi connectivity index (χ2n) is 2.06. The number of hydrogen-bond acceptors (Lipinski definition) is 2. The molecule has 54 valence electrons. The summed E-state index contributed by atoms with van der Waals surface area (Å²) >= 11 is 0. The van der Waals surface area contributed by atoms with Crippen LogP contribution in [0.2, 0.25) is 0 Å². The van der Waals surface area contributed by atoms with E-state index in [9.17, 15) is 0 Å². The summed E-state index contributed by atoms with van der Waals surface area (Å²) in [5.41, 5.74) is 5.53. The molecule has 0 amide bonds. The zero-order valence-corrected chi connectivity index (χ0v) is 6.23. The zero-order valence-electron chi connectivity index (χ0n) is 5.41. The summed E-state index contributed by atoms with van der Waals surface area (Å²) < 4.78 is 5.01. The summed E-state index contributed by atoms with van der Waals surface area (Å²) in [6.45, 7) is 0. The third kappa shape index (κ3) is 2.35. The van der Waals surface area contributed by atoms with Gasteiger partial charge in [0.2, 0.25) is 0 Å². The molecule has 0 aromatic carbocycles. The molecule has 0 radical (unpaired) electrons. The van der Waals surface area contributed by atoms with Crippen molar-refractivity contribution in [3.05, 3.63) is 12.2 Å². The number of nitrogens with two attached hydrogens (primary N) is 1. The molecule has 1 aliphatic rings. The van der Waals surface area contributed by atoms with E-state index in [0.717, 1.165) is 6.42 Å². The first-order chi connectivity index (χ1) is 3.83. The molecule has 2 atom stereocenters. The number of rotatable bonds is 1. The van der Waals surface area contributed by atoms with Crippen molar-refractivity contribution in [3.63, 3.8) is 0 Å². The molecule has 2 nitrogen and oxygen atoms in total. The highest BCUT2D eigenvalue weighted by molar-refractivity contribution is 5.85. The van der Waals surface area contributed by atoms with Gasteiger partial charge in [0.05, 0.1) is 6.10 Å². The van der Waals surface area contributed by atoms with Crippen LogP contribution < -0.4 is 5.73 Å². The Bertz CT molecular complexity index is 105. The van der Waals surface area contributed by atoms with E-state index in [1.54, 1.807) is 7.11 Å². The molecule has 3 heteroatoms. The normalized spacial score (nSPS) is 32.2. The molecule has 2 unspecified atom stereocenters. The summed E-state index contributed by atoms with van der Waals surface area (Å²) in [6.07, 6.45) is 5.19. The molecule has 1 aliphatic carbocycles. The Hall–Kier alpha value is -0.0500. The maximum absolute atomic E-state index is 5.53. The van der Waals surface area contributed by atoms with Crippen molar-refractivity contribution in [2.45, 2.75) is 18.6 Å². The molecule has 9 heavy (non-hydrogen) atoms. The lowest BCUT2D eigenvalue weighted by atomic mass is 10.2. The molecule has 2 N–H and O–H groups in total. The lowest BCUT2D eigenvalue weighted by Crippen LogP contribution is -2.17. The van der Waals surface area contributed by atoms with Gasteiger partial charge in [-0.05, 0) is 6.42 Å². The van der Waals surface area contributed by atoms with Crippen molar-refractivity contribution >= 4 is 12.4 Å². The van der Waals surface area contributed by atoms with Gasteiger partial charge in [0.1, 0.15) is 0 Å². The van der Waals surface area contributed by atoms with Crippen molar-refractivity contribution in [3.8, 4) is 0 Å². The Labute approximate surface area is 61.5 Å². The van der Waals surface area contributed by atoms with Crippen molar-refractivity contribution in [1.29, 1.82) is 0 Å². The fraction of sp³-hybridized carbons (Fsp3) is 0.667.